The van der Waals surface area contributed by atoms with Gasteiger partial charge >= 0.3 is 0 Å². The zero-order valence-corrected chi connectivity index (χ0v) is 12.2. The molecule has 2 rings (SSSR count). The Morgan fingerprint density at radius 1 is 1.48 bits per heavy atom. The van der Waals surface area contributed by atoms with E-state index in [2.05, 4.69) is 10.4 Å². The highest BCUT2D eigenvalue weighted by Crippen LogP contribution is 2.20. The van der Waals surface area contributed by atoms with Crippen molar-refractivity contribution in [1.29, 1.82) is 0 Å². The number of nitro groups is 1. The fourth-order valence-electron chi connectivity index (χ4n) is 1.93. The summed E-state index contributed by atoms with van der Waals surface area (Å²) in [6.07, 6.45) is 6.69. The molecule has 8 heteroatoms. The molecule has 0 fully saturated rings. The minimum atomic E-state index is -0.697. The van der Waals surface area contributed by atoms with Gasteiger partial charge in [0.25, 0.3) is 5.69 Å². The van der Waals surface area contributed by atoms with Gasteiger partial charge in [0.1, 0.15) is 5.82 Å². The number of aromatic nitrogens is 2. The Morgan fingerprint density at radius 2 is 2.30 bits per heavy atom. The van der Waals surface area contributed by atoms with Crippen LogP contribution in [-0.2, 0) is 11.3 Å². The van der Waals surface area contributed by atoms with Gasteiger partial charge in [-0.25, -0.2) is 4.39 Å². The fraction of sp³-hybridized carbons (Fsp3) is 0.200. The molecule has 1 heterocycles. The highest BCUT2D eigenvalue weighted by atomic mass is 19.1. The van der Waals surface area contributed by atoms with E-state index >= 15 is 0 Å². The van der Waals surface area contributed by atoms with E-state index in [1.807, 2.05) is 12.3 Å². The van der Waals surface area contributed by atoms with Crippen LogP contribution >= 0.6 is 0 Å². The molecule has 0 unspecified atom stereocenters. The normalized spacial score (nSPS) is 10.8. The third-order valence-corrected chi connectivity index (χ3v) is 3.03. The second-order valence-corrected chi connectivity index (χ2v) is 4.71. The molecule has 0 spiro atoms. The minimum absolute atomic E-state index is 0.170. The zero-order valence-electron chi connectivity index (χ0n) is 12.2. The Morgan fingerprint density at radius 3 is 3.00 bits per heavy atom. The van der Waals surface area contributed by atoms with Crippen LogP contribution in [0.4, 0.5) is 10.1 Å². The largest absolute Gasteiger partial charge is 0.352 e. The van der Waals surface area contributed by atoms with Gasteiger partial charge in [0.15, 0.2) is 0 Å². The van der Waals surface area contributed by atoms with Crippen molar-refractivity contribution in [3.63, 3.8) is 0 Å². The molecular formula is C15H15FN4O3. The Bertz CT molecular complexity index is 714. The van der Waals surface area contributed by atoms with Gasteiger partial charge in [-0.15, -0.1) is 0 Å². The van der Waals surface area contributed by atoms with Crippen molar-refractivity contribution in [2.75, 3.05) is 6.54 Å². The van der Waals surface area contributed by atoms with Crippen molar-refractivity contribution in [3.8, 4) is 0 Å². The molecule has 0 radical (unpaired) electrons. The van der Waals surface area contributed by atoms with E-state index in [0.29, 0.717) is 19.5 Å². The summed E-state index contributed by atoms with van der Waals surface area (Å²) in [5.74, 6) is -1.07. The molecule has 0 atom stereocenters. The molecule has 0 saturated heterocycles. The average molecular weight is 318 g/mol. The molecule has 0 saturated carbocycles. The summed E-state index contributed by atoms with van der Waals surface area (Å²) >= 11 is 0. The molecule has 1 aromatic carbocycles. The maximum atomic E-state index is 13.0. The lowest BCUT2D eigenvalue weighted by Crippen LogP contribution is -2.23. The number of rotatable bonds is 7. The summed E-state index contributed by atoms with van der Waals surface area (Å²) < 4.78 is 14.8. The van der Waals surface area contributed by atoms with Crippen LogP contribution in [0.2, 0.25) is 0 Å². The number of hydrogen-bond donors (Lipinski definition) is 1. The number of amides is 1. The van der Waals surface area contributed by atoms with E-state index in [9.17, 15) is 19.3 Å². The van der Waals surface area contributed by atoms with Crippen molar-refractivity contribution in [2.45, 2.75) is 13.0 Å². The number of nitro benzene ring substituents is 1. The number of carbonyl (C=O) groups excluding carboxylic acids is 1. The van der Waals surface area contributed by atoms with E-state index < -0.39 is 10.7 Å². The molecule has 0 bridgehead atoms. The van der Waals surface area contributed by atoms with Gasteiger partial charge in [0.05, 0.1) is 16.6 Å². The second kappa shape index (κ2) is 7.83. The molecule has 7 nitrogen and oxygen atoms in total. The predicted molar refractivity (Wildman–Crippen MR) is 81.9 cm³/mol. The number of benzene rings is 1. The third-order valence-electron chi connectivity index (χ3n) is 3.03. The van der Waals surface area contributed by atoms with Crippen molar-refractivity contribution in [3.05, 3.63) is 64.2 Å². The first-order valence-corrected chi connectivity index (χ1v) is 6.93. The van der Waals surface area contributed by atoms with Gasteiger partial charge in [-0.3, -0.25) is 19.6 Å². The molecule has 1 N–H and O–H groups in total. The summed E-state index contributed by atoms with van der Waals surface area (Å²) in [7, 11) is 0. The molecule has 2 aromatic rings. The van der Waals surface area contributed by atoms with Gasteiger partial charge in [0.2, 0.25) is 5.91 Å². The van der Waals surface area contributed by atoms with E-state index in [-0.39, 0.29) is 17.2 Å². The van der Waals surface area contributed by atoms with E-state index in [0.717, 1.165) is 12.1 Å². The van der Waals surface area contributed by atoms with Gasteiger partial charge < -0.3 is 5.32 Å². The Labute approximate surface area is 131 Å². The summed E-state index contributed by atoms with van der Waals surface area (Å²) in [6, 6.07) is 5.00. The lowest BCUT2D eigenvalue weighted by molar-refractivity contribution is -0.385. The molecule has 1 aromatic heterocycles. The van der Waals surface area contributed by atoms with Crippen LogP contribution in [0.3, 0.4) is 0 Å². The lowest BCUT2D eigenvalue weighted by Gasteiger charge is -2.03. The van der Waals surface area contributed by atoms with Gasteiger partial charge in [0, 0.05) is 31.6 Å². The molecule has 1 amide bonds. The first-order chi connectivity index (χ1) is 11.1. The number of aryl methyl sites for hydroxylation is 1. The molecule has 0 aliphatic heterocycles. The maximum absolute atomic E-state index is 13.0. The number of nitrogens with one attached hydrogen (secondary N) is 1. The first-order valence-electron chi connectivity index (χ1n) is 6.93. The molecule has 120 valence electrons. The number of hydrogen-bond acceptors (Lipinski definition) is 4. The van der Waals surface area contributed by atoms with Crippen LogP contribution in [0.1, 0.15) is 12.0 Å². The summed E-state index contributed by atoms with van der Waals surface area (Å²) in [4.78, 5) is 21.8. The topological polar surface area (TPSA) is 90.1 Å². The Balaban J connectivity index is 1.85. The van der Waals surface area contributed by atoms with Gasteiger partial charge in [-0.05, 0) is 30.7 Å². The number of nitrogens with zero attached hydrogens (tertiary/aromatic N) is 3. The maximum Gasteiger partial charge on any atom is 0.279 e. The standard InChI is InChI=1S/C15H15FN4O3/c16-13-5-3-12(14(11-13)20(22)23)4-6-15(21)17-7-1-9-19-10-2-8-18-19/h2-6,8,10-11H,1,7,9H2,(H,17,21). The number of carbonyl (C=O) groups is 1. The van der Waals surface area contributed by atoms with Crippen LogP contribution in [-0.4, -0.2) is 27.2 Å². The highest BCUT2D eigenvalue weighted by Gasteiger charge is 2.12. The van der Waals surface area contributed by atoms with Crippen molar-refractivity contribution in [1.82, 2.24) is 15.1 Å². The SMILES string of the molecule is O=C(C=Cc1ccc(F)cc1[N+](=O)[O-])NCCCn1cccn1. The average Bonchev–Trinajstić information content (AvgIpc) is 3.03. The van der Waals surface area contributed by atoms with Crippen molar-refractivity contribution in [2.24, 2.45) is 0 Å². The van der Waals surface area contributed by atoms with E-state index in [1.165, 1.54) is 18.2 Å². The highest BCUT2D eigenvalue weighted by molar-refractivity contribution is 5.92. The molecule has 0 aliphatic rings. The van der Waals surface area contributed by atoms with Crippen LogP contribution in [0.15, 0.2) is 42.7 Å². The predicted octanol–water partition coefficient (Wildman–Crippen LogP) is 2.15. The number of halogens is 1. The summed E-state index contributed by atoms with van der Waals surface area (Å²) in [6.45, 7) is 1.13. The monoisotopic (exact) mass is 318 g/mol. The van der Waals surface area contributed by atoms with Crippen LogP contribution < -0.4 is 5.32 Å². The Kier molecular flexibility index (Phi) is 5.56. The van der Waals surface area contributed by atoms with Crippen LogP contribution in [0.25, 0.3) is 6.08 Å². The van der Waals surface area contributed by atoms with Crippen molar-refractivity contribution < 1.29 is 14.1 Å². The Hall–Kier alpha value is -3.03. The lowest BCUT2D eigenvalue weighted by atomic mass is 10.1. The second-order valence-electron chi connectivity index (χ2n) is 4.71. The third kappa shape index (κ3) is 5.03. The van der Waals surface area contributed by atoms with Crippen LogP contribution in [0, 0.1) is 15.9 Å². The van der Waals surface area contributed by atoms with E-state index in [4.69, 9.17) is 0 Å². The first kappa shape index (κ1) is 16.3. The zero-order chi connectivity index (χ0) is 16.7. The summed E-state index contributed by atoms with van der Waals surface area (Å²) in [5.41, 5.74) is -0.212. The van der Waals surface area contributed by atoms with Crippen molar-refractivity contribution >= 4 is 17.7 Å². The van der Waals surface area contributed by atoms with Gasteiger partial charge in [-0.2, -0.15) is 5.10 Å². The fourth-order valence-corrected chi connectivity index (χ4v) is 1.93. The van der Waals surface area contributed by atoms with Crippen LogP contribution in [0.5, 0.6) is 0 Å². The molecular weight excluding hydrogens is 303 g/mol. The molecule has 0 aliphatic carbocycles. The van der Waals surface area contributed by atoms with E-state index in [1.54, 1.807) is 10.9 Å². The van der Waals surface area contributed by atoms with Gasteiger partial charge in [-0.1, -0.05) is 0 Å². The quantitative estimate of drug-likeness (QED) is 0.366. The molecule has 23 heavy (non-hydrogen) atoms. The smallest absolute Gasteiger partial charge is 0.279 e. The minimum Gasteiger partial charge on any atom is -0.352 e. The summed E-state index contributed by atoms with van der Waals surface area (Å²) in [5, 5.41) is 17.5.